The van der Waals surface area contributed by atoms with Gasteiger partial charge in [-0.2, -0.15) is 0 Å². The molecule has 2 aromatic heterocycles. The third kappa shape index (κ3) is 2.03. The van der Waals surface area contributed by atoms with Crippen LogP contribution in [0.4, 0.5) is 0 Å². The summed E-state index contributed by atoms with van der Waals surface area (Å²) in [5.74, 6) is 0. The zero-order valence-corrected chi connectivity index (χ0v) is 9.28. The molecule has 14 heavy (non-hydrogen) atoms. The molecule has 0 radical (unpaired) electrons. The molecule has 0 bridgehead atoms. The van der Waals surface area contributed by atoms with E-state index in [0.717, 1.165) is 0 Å². The highest BCUT2D eigenvalue weighted by molar-refractivity contribution is 7.21. The van der Waals surface area contributed by atoms with E-state index in [4.69, 9.17) is 0 Å². The summed E-state index contributed by atoms with van der Waals surface area (Å²) < 4.78 is 0. The molecule has 0 N–H and O–H groups in total. The molecule has 0 saturated carbocycles. The summed E-state index contributed by atoms with van der Waals surface area (Å²) in [6.07, 6.45) is 5.84. The summed E-state index contributed by atoms with van der Waals surface area (Å²) in [6.45, 7) is 3.65. The minimum Gasteiger partial charge on any atom is -0.143 e. The quantitative estimate of drug-likeness (QED) is 0.656. The molecule has 0 aromatic carbocycles. The van der Waals surface area contributed by atoms with Crippen molar-refractivity contribution in [2.45, 2.75) is 0 Å². The highest BCUT2D eigenvalue weighted by Gasteiger charge is 2.00. The molecule has 0 fully saturated rings. The first-order valence-electron chi connectivity index (χ1n) is 4.33. The van der Waals surface area contributed by atoms with Gasteiger partial charge in [0, 0.05) is 14.6 Å². The van der Waals surface area contributed by atoms with E-state index < -0.39 is 0 Å². The Labute approximate surface area is 91.8 Å². The number of thiophene rings is 2. The smallest absolute Gasteiger partial charge is 0.0448 e. The van der Waals surface area contributed by atoms with Crippen molar-refractivity contribution in [1.29, 1.82) is 0 Å². The van der Waals surface area contributed by atoms with Crippen LogP contribution < -0.4 is 0 Å². The first-order valence-corrected chi connectivity index (χ1v) is 6.02. The lowest BCUT2D eigenvalue weighted by Gasteiger charge is -1.86. The van der Waals surface area contributed by atoms with Crippen molar-refractivity contribution in [2.75, 3.05) is 0 Å². The van der Waals surface area contributed by atoms with Crippen LogP contribution in [0.5, 0.6) is 0 Å². The zero-order chi connectivity index (χ0) is 9.80. The first-order chi connectivity index (χ1) is 6.90. The van der Waals surface area contributed by atoms with Crippen LogP contribution in [0.3, 0.4) is 0 Å². The van der Waals surface area contributed by atoms with Gasteiger partial charge < -0.3 is 0 Å². The maximum atomic E-state index is 3.65. The Kier molecular flexibility index (Phi) is 2.96. The lowest BCUT2D eigenvalue weighted by Crippen LogP contribution is -1.56. The maximum Gasteiger partial charge on any atom is 0.0448 e. The van der Waals surface area contributed by atoms with Gasteiger partial charge >= 0.3 is 0 Å². The van der Waals surface area contributed by atoms with Crippen LogP contribution in [-0.4, -0.2) is 0 Å². The largest absolute Gasteiger partial charge is 0.143 e. The van der Waals surface area contributed by atoms with E-state index >= 15 is 0 Å². The fourth-order valence-electron chi connectivity index (χ4n) is 1.16. The molecule has 2 heteroatoms. The van der Waals surface area contributed by atoms with E-state index in [-0.39, 0.29) is 0 Å². The lowest BCUT2D eigenvalue weighted by molar-refractivity contribution is 1.91. The molecule has 0 nitrogen and oxygen atoms in total. The molecule has 70 valence electrons. The number of hydrogen-bond acceptors (Lipinski definition) is 2. The number of hydrogen-bond donors (Lipinski definition) is 0. The zero-order valence-electron chi connectivity index (χ0n) is 7.64. The second kappa shape index (κ2) is 4.40. The topological polar surface area (TPSA) is 0 Å². The number of rotatable bonds is 3. The monoisotopic (exact) mass is 218 g/mol. The van der Waals surface area contributed by atoms with Crippen molar-refractivity contribution in [3.05, 3.63) is 53.3 Å². The predicted molar refractivity (Wildman–Crippen MR) is 66.9 cm³/mol. The van der Waals surface area contributed by atoms with Gasteiger partial charge in [-0.25, -0.2) is 0 Å². The Morgan fingerprint density at radius 2 is 2.07 bits per heavy atom. The summed E-state index contributed by atoms with van der Waals surface area (Å²) in [6, 6.07) is 8.54. The maximum absolute atomic E-state index is 3.65. The fourth-order valence-corrected chi connectivity index (χ4v) is 2.91. The van der Waals surface area contributed by atoms with Gasteiger partial charge in [-0.15, -0.1) is 22.7 Å². The van der Waals surface area contributed by atoms with E-state index in [9.17, 15) is 0 Å². The van der Waals surface area contributed by atoms with Gasteiger partial charge in [0.05, 0.1) is 0 Å². The Morgan fingerprint density at radius 1 is 1.14 bits per heavy atom. The van der Waals surface area contributed by atoms with Crippen molar-refractivity contribution in [3.8, 4) is 9.75 Å². The van der Waals surface area contributed by atoms with Gasteiger partial charge in [-0.1, -0.05) is 24.8 Å². The second-order valence-corrected chi connectivity index (χ2v) is 4.84. The molecule has 0 saturated heterocycles. The lowest BCUT2D eigenvalue weighted by atomic mass is 10.3. The summed E-state index contributed by atoms with van der Waals surface area (Å²) >= 11 is 3.59. The molecule has 0 aliphatic carbocycles. The molecular formula is C12H10S2. The van der Waals surface area contributed by atoms with E-state index in [1.807, 2.05) is 6.08 Å². The van der Waals surface area contributed by atoms with Crippen molar-refractivity contribution in [2.24, 2.45) is 0 Å². The highest BCUT2D eigenvalue weighted by Crippen LogP contribution is 2.31. The summed E-state index contributed by atoms with van der Waals surface area (Å²) in [4.78, 5) is 3.95. The first kappa shape index (κ1) is 9.44. The standard InChI is InChI=1S/C12H10S2/c1-2-3-5-10-7-8-12(14-10)11-6-4-9-13-11/h2-9H,1H2/b5-3+. The number of allylic oxidation sites excluding steroid dienone is 2. The molecule has 0 atom stereocenters. The van der Waals surface area contributed by atoms with Crippen LogP contribution >= 0.6 is 22.7 Å². The molecule has 2 aromatic rings. The third-order valence-electron chi connectivity index (χ3n) is 1.79. The summed E-state index contributed by atoms with van der Waals surface area (Å²) in [5.41, 5.74) is 0. The van der Waals surface area contributed by atoms with Crippen LogP contribution in [-0.2, 0) is 0 Å². The Bertz CT molecular complexity index is 433. The van der Waals surface area contributed by atoms with Gasteiger partial charge in [0.25, 0.3) is 0 Å². The van der Waals surface area contributed by atoms with Crippen LogP contribution in [0.2, 0.25) is 0 Å². The van der Waals surface area contributed by atoms with Gasteiger partial charge in [0.2, 0.25) is 0 Å². The minimum absolute atomic E-state index is 1.27. The van der Waals surface area contributed by atoms with E-state index in [0.29, 0.717) is 0 Å². The average Bonchev–Trinajstić information content (AvgIpc) is 2.85. The van der Waals surface area contributed by atoms with Crippen LogP contribution in [0, 0.1) is 0 Å². The van der Waals surface area contributed by atoms with Crippen LogP contribution in [0.1, 0.15) is 4.88 Å². The molecule has 2 heterocycles. The predicted octanol–water partition coefficient (Wildman–Crippen LogP) is 4.68. The molecule has 0 aliphatic rings. The van der Waals surface area contributed by atoms with Crippen LogP contribution in [0.25, 0.3) is 15.8 Å². The van der Waals surface area contributed by atoms with E-state index in [1.54, 1.807) is 28.7 Å². The van der Waals surface area contributed by atoms with Crippen molar-refractivity contribution in [1.82, 2.24) is 0 Å². The normalized spacial score (nSPS) is 10.9. The summed E-state index contributed by atoms with van der Waals surface area (Å²) in [5, 5.41) is 2.11. The summed E-state index contributed by atoms with van der Waals surface area (Å²) in [7, 11) is 0. The SMILES string of the molecule is C=C/C=C/c1ccc(-c2cccs2)s1. The molecule has 2 rings (SSSR count). The van der Waals surface area contributed by atoms with Gasteiger partial charge in [0.1, 0.15) is 0 Å². The fraction of sp³-hybridized carbons (Fsp3) is 0. The van der Waals surface area contributed by atoms with Gasteiger partial charge in [0.15, 0.2) is 0 Å². The molecule has 0 aliphatic heterocycles. The minimum atomic E-state index is 1.27. The third-order valence-corrected chi connectivity index (χ3v) is 3.90. The van der Waals surface area contributed by atoms with Gasteiger partial charge in [-0.05, 0) is 29.7 Å². The Hall–Kier alpha value is -1.12. The molecular weight excluding hydrogens is 208 g/mol. The molecule has 0 spiro atoms. The molecule has 0 unspecified atom stereocenters. The Morgan fingerprint density at radius 3 is 2.79 bits per heavy atom. The van der Waals surface area contributed by atoms with Crippen molar-refractivity contribution >= 4 is 28.7 Å². The second-order valence-electron chi connectivity index (χ2n) is 2.77. The van der Waals surface area contributed by atoms with Gasteiger partial charge in [-0.3, -0.25) is 0 Å². The Balaban J connectivity index is 2.26. The van der Waals surface area contributed by atoms with E-state index in [2.05, 4.69) is 42.3 Å². The van der Waals surface area contributed by atoms with E-state index in [1.165, 1.54) is 14.6 Å². The van der Waals surface area contributed by atoms with Crippen molar-refractivity contribution < 1.29 is 0 Å². The highest BCUT2D eigenvalue weighted by atomic mass is 32.1. The van der Waals surface area contributed by atoms with Crippen LogP contribution in [0.15, 0.2) is 48.4 Å². The molecule has 0 amide bonds. The average molecular weight is 218 g/mol. The van der Waals surface area contributed by atoms with Crippen molar-refractivity contribution in [3.63, 3.8) is 0 Å².